The van der Waals surface area contributed by atoms with Crippen LogP contribution < -0.4 is 20.5 Å². The number of rotatable bonds is 6. The van der Waals surface area contributed by atoms with E-state index in [-0.39, 0.29) is 10.4 Å². The molecule has 2 aromatic rings. The van der Waals surface area contributed by atoms with Crippen LogP contribution in [0.1, 0.15) is 35.8 Å². The lowest BCUT2D eigenvalue weighted by molar-refractivity contribution is -0.607. The third-order valence-corrected chi connectivity index (χ3v) is 6.01. The zero-order valence-electron chi connectivity index (χ0n) is 18.4. The number of carbonyl (C=O) groups is 2. The maximum atomic E-state index is 14.4. The Bertz CT molecular complexity index is 1190. The summed E-state index contributed by atoms with van der Waals surface area (Å²) < 4.78 is 105. The van der Waals surface area contributed by atoms with Crippen molar-refractivity contribution in [2.75, 3.05) is 5.32 Å². The normalized spacial score (nSPS) is 24.1. The van der Waals surface area contributed by atoms with Gasteiger partial charge in [-0.25, -0.2) is 4.39 Å². The van der Waals surface area contributed by atoms with E-state index >= 15 is 0 Å². The molecular formula is C21H18F7N3O5. The van der Waals surface area contributed by atoms with Crippen LogP contribution in [0, 0.1) is 22.8 Å². The smallest absolute Gasteiger partial charge is 0.417 e. The minimum Gasteiger partial charge on any atom is -0.618 e. The summed E-state index contributed by atoms with van der Waals surface area (Å²) in [6.45, 7) is -2.07. The molecule has 0 spiro atoms. The summed E-state index contributed by atoms with van der Waals surface area (Å²) in [5.74, 6) is -10.8. The van der Waals surface area contributed by atoms with Crippen molar-refractivity contribution in [2.24, 2.45) is 11.7 Å². The number of aromatic nitrogens is 1. The summed E-state index contributed by atoms with van der Waals surface area (Å²) in [5, 5.41) is 13.8. The van der Waals surface area contributed by atoms with Crippen molar-refractivity contribution in [3.05, 3.63) is 58.6 Å². The van der Waals surface area contributed by atoms with Crippen LogP contribution in [0.25, 0.3) is 0 Å². The number of nitrogens with zero attached hydrogens (tertiary/aromatic N) is 1. The Hall–Kier alpha value is -3.62. The van der Waals surface area contributed by atoms with Gasteiger partial charge < -0.3 is 25.7 Å². The topological polar surface area (TPSA) is 118 Å². The van der Waals surface area contributed by atoms with E-state index < -0.39 is 76.8 Å². The Morgan fingerprint density at radius 1 is 1.25 bits per heavy atom. The molecule has 0 aliphatic carbocycles. The molecule has 2 amide bonds. The standard InChI is InChI=1S/C21H18F7N3O5/c1-8-13(10-3-4-11(22)14(23)15(10)35-19(24)25)16(36-20(8,2)21(26,27)28)18(33)30-9-5-6-31(34)12(7-9)17(29)32/h3-8,13,16,19H,1-2H3,(H2,29,32)(H,30,33)/t8-,13-,16-,20-/m0/s1. The van der Waals surface area contributed by atoms with Crippen LogP contribution >= 0.6 is 0 Å². The number of ether oxygens (including phenoxy) is 2. The summed E-state index contributed by atoms with van der Waals surface area (Å²) in [6.07, 6.45) is -6.38. The second-order valence-electron chi connectivity index (χ2n) is 8.10. The minimum absolute atomic E-state index is 0.0743. The van der Waals surface area contributed by atoms with Crippen molar-refractivity contribution >= 4 is 17.5 Å². The fourth-order valence-corrected chi connectivity index (χ4v) is 4.00. The molecule has 3 N–H and O–H groups in total. The third-order valence-electron chi connectivity index (χ3n) is 6.01. The van der Waals surface area contributed by atoms with Crippen LogP contribution in [-0.4, -0.2) is 36.3 Å². The molecule has 1 aliphatic heterocycles. The summed E-state index contributed by atoms with van der Waals surface area (Å²) in [5.41, 5.74) is 0.502. The van der Waals surface area contributed by atoms with Crippen molar-refractivity contribution in [1.29, 1.82) is 0 Å². The van der Waals surface area contributed by atoms with Gasteiger partial charge in [-0.05, 0) is 13.0 Å². The second-order valence-corrected chi connectivity index (χ2v) is 8.10. The first-order valence-electron chi connectivity index (χ1n) is 10.1. The molecule has 4 atom stereocenters. The van der Waals surface area contributed by atoms with Crippen molar-refractivity contribution in [2.45, 2.75) is 44.3 Å². The van der Waals surface area contributed by atoms with Gasteiger partial charge in [0.25, 0.3) is 11.6 Å². The number of anilines is 1. The fourth-order valence-electron chi connectivity index (χ4n) is 4.00. The van der Waals surface area contributed by atoms with Crippen LogP contribution in [0.3, 0.4) is 0 Å². The fraction of sp³-hybridized carbons (Fsp3) is 0.381. The van der Waals surface area contributed by atoms with Crippen LogP contribution in [0.15, 0.2) is 30.5 Å². The largest absolute Gasteiger partial charge is 0.618 e. The molecule has 3 rings (SSSR count). The number of primary amides is 1. The van der Waals surface area contributed by atoms with E-state index in [4.69, 9.17) is 10.5 Å². The lowest BCUT2D eigenvalue weighted by atomic mass is 9.77. The Morgan fingerprint density at radius 3 is 2.44 bits per heavy atom. The number of benzene rings is 1. The predicted molar refractivity (Wildman–Crippen MR) is 107 cm³/mol. The van der Waals surface area contributed by atoms with Gasteiger partial charge in [0.2, 0.25) is 5.82 Å². The number of alkyl halides is 5. The first-order valence-corrected chi connectivity index (χ1v) is 10.1. The first kappa shape index (κ1) is 27.0. The van der Waals surface area contributed by atoms with Gasteiger partial charge >= 0.3 is 18.7 Å². The van der Waals surface area contributed by atoms with Crippen LogP contribution in [0.4, 0.5) is 36.4 Å². The molecule has 1 fully saturated rings. The lowest BCUT2D eigenvalue weighted by Gasteiger charge is -2.32. The minimum atomic E-state index is -5.08. The van der Waals surface area contributed by atoms with E-state index in [9.17, 15) is 45.5 Å². The number of halogens is 7. The molecule has 1 aromatic heterocycles. The molecular weight excluding hydrogens is 507 g/mol. The number of pyridine rings is 1. The maximum absolute atomic E-state index is 14.4. The number of hydrogen-bond acceptors (Lipinski definition) is 5. The molecule has 0 unspecified atom stereocenters. The Labute approximate surface area is 198 Å². The molecule has 2 heterocycles. The molecule has 0 bridgehead atoms. The Morgan fingerprint density at radius 2 is 1.89 bits per heavy atom. The number of nitrogens with two attached hydrogens (primary N) is 1. The van der Waals surface area contributed by atoms with Crippen molar-refractivity contribution in [1.82, 2.24) is 0 Å². The molecule has 1 aromatic carbocycles. The van der Waals surface area contributed by atoms with E-state index in [1.54, 1.807) is 0 Å². The predicted octanol–water partition coefficient (Wildman–Crippen LogP) is 3.38. The SMILES string of the molecule is C[C@H]1[C@@H](c2ccc(F)c(F)c2OC(F)F)[C@@H](C(=O)Nc2cc[n+]([O-])c(C(N)=O)c2)O[C@]1(C)C(F)(F)F. The second kappa shape index (κ2) is 9.44. The number of amides is 2. The molecule has 1 aliphatic rings. The molecule has 0 radical (unpaired) electrons. The van der Waals surface area contributed by atoms with E-state index in [0.717, 1.165) is 31.3 Å². The van der Waals surface area contributed by atoms with Gasteiger partial charge in [0.05, 0.1) is 5.69 Å². The van der Waals surface area contributed by atoms with Crippen molar-refractivity contribution in [3.63, 3.8) is 0 Å². The highest BCUT2D eigenvalue weighted by molar-refractivity contribution is 5.97. The van der Waals surface area contributed by atoms with Crippen LogP contribution in [-0.2, 0) is 9.53 Å². The van der Waals surface area contributed by atoms with Crippen LogP contribution in [0.5, 0.6) is 5.75 Å². The van der Waals surface area contributed by atoms with E-state index in [0.29, 0.717) is 13.0 Å². The van der Waals surface area contributed by atoms with Gasteiger partial charge in [0, 0.05) is 29.5 Å². The zero-order valence-corrected chi connectivity index (χ0v) is 18.4. The number of nitrogens with one attached hydrogen (secondary N) is 1. The highest BCUT2D eigenvalue weighted by atomic mass is 19.4. The van der Waals surface area contributed by atoms with Crippen molar-refractivity contribution < 1.29 is 54.5 Å². The summed E-state index contributed by atoms with van der Waals surface area (Å²) >= 11 is 0. The zero-order chi connectivity index (χ0) is 27.2. The van der Waals surface area contributed by atoms with Crippen molar-refractivity contribution in [3.8, 4) is 5.75 Å². The monoisotopic (exact) mass is 525 g/mol. The van der Waals surface area contributed by atoms with E-state index in [2.05, 4.69) is 10.1 Å². The number of hydrogen-bond donors (Lipinski definition) is 2. The van der Waals surface area contributed by atoms with Gasteiger partial charge in [-0.1, -0.05) is 13.0 Å². The Kier molecular flexibility index (Phi) is 7.08. The average molecular weight is 525 g/mol. The van der Waals surface area contributed by atoms with Gasteiger partial charge in [0.1, 0.15) is 6.10 Å². The molecule has 0 saturated carbocycles. The summed E-state index contributed by atoms with van der Waals surface area (Å²) in [7, 11) is 0. The van der Waals surface area contributed by atoms with E-state index in [1.807, 2.05) is 0 Å². The van der Waals surface area contributed by atoms with Gasteiger partial charge in [-0.2, -0.15) is 31.1 Å². The summed E-state index contributed by atoms with van der Waals surface area (Å²) in [4.78, 5) is 24.4. The molecule has 36 heavy (non-hydrogen) atoms. The quantitative estimate of drug-likeness (QED) is 0.341. The first-order chi connectivity index (χ1) is 16.6. The molecule has 15 heteroatoms. The highest BCUT2D eigenvalue weighted by Gasteiger charge is 2.66. The average Bonchev–Trinajstić information content (AvgIpc) is 3.04. The van der Waals surface area contributed by atoms with E-state index in [1.165, 1.54) is 0 Å². The third kappa shape index (κ3) is 4.74. The highest BCUT2D eigenvalue weighted by Crippen LogP contribution is 2.55. The van der Waals surface area contributed by atoms with Gasteiger partial charge in [-0.15, -0.1) is 0 Å². The molecule has 1 saturated heterocycles. The number of carbonyl (C=O) groups excluding carboxylic acids is 2. The lowest BCUT2D eigenvalue weighted by Crippen LogP contribution is -2.47. The molecule has 196 valence electrons. The Balaban J connectivity index is 2.11. The van der Waals surface area contributed by atoms with Crippen LogP contribution in [0.2, 0.25) is 0 Å². The van der Waals surface area contributed by atoms with Gasteiger partial charge in [-0.3, -0.25) is 9.59 Å². The van der Waals surface area contributed by atoms with Gasteiger partial charge in [0.15, 0.2) is 23.4 Å². The molecule has 8 nitrogen and oxygen atoms in total. The summed E-state index contributed by atoms with van der Waals surface area (Å²) in [6, 6.07) is 3.04. The maximum Gasteiger partial charge on any atom is 0.417 e.